The third-order valence-corrected chi connectivity index (χ3v) is 8.35. The van der Waals surface area contributed by atoms with Gasteiger partial charge in [-0.2, -0.15) is 15.0 Å². The highest BCUT2D eigenvalue weighted by Gasteiger charge is 2.30. The standard InChI is InChI=1S/C28H51N9O2/c1-5-8-22-39-27-31-25(29)24-26(32-27)37(28(30-24)38-4)23(36-20-18-34(7-3)19-21-36)12-10-9-11-13-35-16-14-33(6-2)15-17-35/h23H,5-22H2,1-4H3,(H2,29,31,32). The molecule has 0 aromatic carbocycles. The van der Waals surface area contributed by atoms with Crippen LogP contribution >= 0.6 is 0 Å². The van der Waals surface area contributed by atoms with Crippen molar-refractivity contribution < 1.29 is 9.47 Å². The van der Waals surface area contributed by atoms with E-state index < -0.39 is 0 Å². The van der Waals surface area contributed by atoms with Gasteiger partial charge in [0, 0.05) is 52.4 Å². The number of ether oxygens (including phenoxy) is 2. The number of unbranched alkanes of at least 4 members (excludes halogenated alkanes) is 3. The highest BCUT2D eigenvalue weighted by atomic mass is 16.5. The lowest BCUT2D eigenvalue weighted by Crippen LogP contribution is -2.48. The van der Waals surface area contributed by atoms with Crippen molar-refractivity contribution in [2.45, 2.75) is 65.5 Å². The molecule has 0 aliphatic carbocycles. The summed E-state index contributed by atoms with van der Waals surface area (Å²) in [5, 5.41) is 0. The number of aromatic nitrogens is 4. The Morgan fingerprint density at radius 3 is 2.10 bits per heavy atom. The van der Waals surface area contributed by atoms with Crippen LogP contribution in [0.15, 0.2) is 0 Å². The van der Waals surface area contributed by atoms with Gasteiger partial charge in [-0.15, -0.1) is 0 Å². The molecule has 11 nitrogen and oxygen atoms in total. The summed E-state index contributed by atoms with van der Waals surface area (Å²) in [7, 11) is 1.67. The number of nitrogens with zero attached hydrogens (tertiary/aromatic N) is 8. The number of piperazine rings is 2. The van der Waals surface area contributed by atoms with Crippen LogP contribution in [0.2, 0.25) is 0 Å². The largest absolute Gasteiger partial charge is 0.468 e. The topological polar surface area (TPSA) is 101 Å². The molecule has 2 aromatic rings. The first-order valence-electron chi connectivity index (χ1n) is 15.2. The molecule has 1 unspecified atom stereocenters. The minimum absolute atomic E-state index is 0.0925. The molecular weight excluding hydrogens is 494 g/mol. The van der Waals surface area contributed by atoms with Crippen LogP contribution in [0.3, 0.4) is 0 Å². The molecule has 4 rings (SSSR count). The van der Waals surface area contributed by atoms with E-state index in [1.54, 1.807) is 7.11 Å². The average molecular weight is 546 g/mol. The zero-order valence-corrected chi connectivity index (χ0v) is 24.8. The summed E-state index contributed by atoms with van der Waals surface area (Å²) in [6.07, 6.45) is 6.66. The maximum absolute atomic E-state index is 6.35. The van der Waals surface area contributed by atoms with Crippen LogP contribution in [-0.2, 0) is 0 Å². The van der Waals surface area contributed by atoms with Crippen molar-refractivity contribution in [2.75, 3.05) is 91.4 Å². The van der Waals surface area contributed by atoms with Crippen LogP contribution in [0.5, 0.6) is 12.0 Å². The normalized spacial score (nSPS) is 19.1. The molecule has 2 aromatic heterocycles. The maximum Gasteiger partial charge on any atom is 0.320 e. The molecule has 2 fully saturated rings. The lowest BCUT2D eigenvalue weighted by molar-refractivity contribution is 0.0581. The Bertz CT molecular complexity index is 1000. The second-order valence-electron chi connectivity index (χ2n) is 10.8. The Morgan fingerprint density at radius 1 is 0.795 bits per heavy atom. The fourth-order valence-electron chi connectivity index (χ4n) is 5.76. The number of rotatable bonds is 15. The molecule has 0 amide bonds. The molecule has 0 bridgehead atoms. The first-order valence-corrected chi connectivity index (χ1v) is 15.2. The van der Waals surface area contributed by atoms with Crippen molar-refractivity contribution in [1.29, 1.82) is 0 Å². The van der Waals surface area contributed by atoms with Gasteiger partial charge in [-0.3, -0.25) is 9.47 Å². The average Bonchev–Trinajstić information content (AvgIpc) is 3.34. The number of likely N-dealkylation sites (N-methyl/N-ethyl adjacent to an activating group) is 2. The highest BCUT2D eigenvalue weighted by molar-refractivity contribution is 5.83. The molecule has 2 saturated heterocycles. The summed E-state index contributed by atoms with van der Waals surface area (Å²) >= 11 is 0. The molecule has 220 valence electrons. The van der Waals surface area contributed by atoms with Gasteiger partial charge in [0.1, 0.15) is 0 Å². The van der Waals surface area contributed by atoms with Gasteiger partial charge >= 0.3 is 6.01 Å². The van der Waals surface area contributed by atoms with Crippen molar-refractivity contribution >= 4 is 17.0 Å². The van der Waals surface area contributed by atoms with Gasteiger partial charge in [-0.05, 0) is 45.3 Å². The molecule has 4 heterocycles. The van der Waals surface area contributed by atoms with E-state index in [2.05, 4.69) is 49.9 Å². The van der Waals surface area contributed by atoms with E-state index in [-0.39, 0.29) is 6.17 Å². The number of fused-ring (bicyclic) bond motifs is 1. The van der Waals surface area contributed by atoms with Crippen molar-refractivity contribution in [3.05, 3.63) is 0 Å². The van der Waals surface area contributed by atoms with Crippen LogP contribution < -0.4 is 15.2 Å². The Balaban J connectivity index is 1.49. The molecule has 0 radical (unpaired) electrons. The number of anilines is 1. The molecule has 0 saturated carbocycles. The van der Waals surface area contributed by atoms with Crippen LogP contribution in [0.25, 0.3) is 11.2 Å². The second kappa shape index (κ2) is 15.0. The summed E-state index contributed by atoms with van der Waals surface area (Å²) < 4.78 is 13.8. The van der Waals surface area contributed by atoms with Crippen molar-refractivity contribution in [3.63, 3.8) is 0 Å². The lowest BCUT2D eigenvalue weighted by Gasteiger charge is -2.39. The molecule has 11 heteroatoms. The van der Waals surface area contributed by atoms with Crippen LogP contribution in [0, 0.1) is 0 Å². The van der Waals surface area contributed by atoms with E-state index in [4.69, 9.17) is 25.2 Å². The molecule has 2 N–H and O–H groups in total. The van der Waals surface area contributed by atoms with Gasteiger partial charge in [0.2, 0.25) is 0 Å². The van der Waals surface area contributed by atoms with Gasteiger partial charge in [0.15, 0.2) is 17.0 Å². The van der Waals surface area contributed by atoms with Gasteiger partial charge in [0.05, 0.1) is 19.9 Å². The van der Waals surface area contributed by atoms with E-state index in [9.17, 15) is 0 Å². The summed E-state index contributed by atoms with van der Waals surface area (Å²) in [5.74, 6) is 0.335. The lowest BCUT2D eigenvalue weighted by atomic mass is 10.1. The predicted molar refractivity (Wildman–Crippen MR) is 156 cm³/mol. The van der Waals surface area contributed by atoms with Crippen molar-refractivity contribution in [3.8, 4) is 12.0 Å². The Kier molecular flexibility index (Phi) is 11.4. The van der Waals surface area contributed by atoms with Crippen molar-refractivity contribution in [1.82, 2.24) is 39.1 Å². The fourth-order valence-corrected chi connectivity index (χ4v) is 5.76. The summed E-state index contributed by atoms with van der Waals surface area (Å²) in [4.78, 5) is 24.1. The van der Waals surface area contributed by atoms with E-state index >= 15 is 0 Å². The molecule has 0 spiro atoms. The Hall–Kier alpha value is -2.21. The zero-order chi connectivity index (χ0) is 27.6. The number of hydrogen-bond acceptors (Lipinski definition) is 10. The van der Waals surface area contributed by atoms with Gasteiger partial charge in [-0.1, -0.05) is 33.6 Å². The predicted octanol–water partition coefficient (Wildman–Crippen LogP) is 2.93. The highest BCUT2D eigenvalue weighted by Crippen LogP contribution is 2.33. The number of methoxy groups -OCH3 is 1. The Morgan fingerprint density at radius 2 is 1.46 bits per heavy atom. The maximum atomic E-state index is 6.35. The summed E-state index contributed by atoms with van der Waals surface area (Å²) in [6, 6.07) is 0.850. The molecule has 39 heavy (non-hydrogen) atoms. The number of nitrogen functional groups attached to an aromatic ring is 1. The number of imidazole rings is 1. The minimum atomic E-state index is 0.0925. The molecule has 1 atom stereocenters. The first-order chi connectivity index (χ1) is 19.1. The van der Waals surface area contributed by atoms with Gasteiger partial charge in [-0.25, -0.2) is 0 Å². The second-order valence-corrected chi connectivity index (χ2v) is 10.8. The van der Waals surface area contributed by atoms with Gasteiger partial charge < -0.3 is 29.9 Å². The molecule has 2 aliphatic heterocycles. The quantitative estimate of drug-likeness (QED) is 0.336. The van der Waals surface area contributed by atoms with Crippen LogP contribution in [0.1, 0.15) is 65.5 Å². The summed E-state index contributed by atoms with van der Waals surface area (Å²) in [5.41, 5.74) is 7.63. The number of hydrogen-bond donors (Lipinski definition) is 1. The van der Waals surface area contributed by atoms with E-state index in [1.807, 2.05) is 0 Å². The third kappa shape index (κ3) is 7.71. The van der Waals surface area contributed by atoms with E-state index in [0.717, 1.165) is 65.0 Å². The first kappa shape index (κ1) is 29.8. The zero-order valence-electron chi connectivity index (χ0n) is 24.8. The van der Waals surface area contributed by atoms with Crippen LogP contribution in [0.4, 0.5) is 5.82 Å². The van der Waals surface area contributed by atoms with E-state index in [0.29, 0.717) is 35.6 Å². The van der Waals surface area contributed by atoms with E-state index in [1.165, 1.54) is 45.6 Å². The minimum Gasteiger partial charge on any atom is -0.468 e. The molecular formula is C28H51N9O2. The van der Waals surface area contributed by atoms with Crippen molar-refractivity contribution in [2.24, 2.45) is 0 Å². The smallest absolute Gasteiger partial charge is 0.320 e. The number of nitrogens with two attached hydrogens (primary N) is 1. The molecule has 2 aliphatic rings. The fraction of sp³-hybridized carbons (Fsp3) is 0.821. The third-order valence-electron chi connectivity index (χ3n) is 8.35. The SMILES string of the molecule is CCCCOc1nc(N)c2nc(OC)n(C(CCCCCN3CCN(CC)CC3)N3CCN(CC)CC3)c2n1. The monoisotopic (exact) mass is 545 g/mol. The van der Waals surface area contributed by atoms with Gasteiger partial charge in [0.25, 0.3) is 6.01 Å². The Labute approximate surface area is 234 Å². The summed E-state index contributed by atoms with van der Waals surface area (Å²) in [6.45, 7) is 19.6. The van der Waals surface area contributed by atoms with Crippen LogP contribution in [-0.4, -0.2) is 125 Å².